The van der Waals surface area contributed by atoms with Gasteiger partial charge < -0.3 is 15.0 Å². The Labute approximate surface area is 155 Å². The van der Waals surface area contributed by atoms with Gasteiger partial charge in [0.1, 0.15) is 5.60 Å². The van der Waals surface area contributed by atoms with Gasteiger partial charge in [-0.05, 0) is 50.5 Å². The fourth-order valence-corrected chi connectivity index (χ4v) is 2.65. The Hall–Kier alpha value is -2.63. The second-order valence-electron chi connectivity index (χ2n) is 7.19. The molecule has 2 amide bonds. The Balaban J connectivity index is 1.93. The van der Waals surface area contributed by atoms with E-state index in [9.17, 15) is 4.79 Å². The molecule has 0 spiro atoms. The number of nitrogens with one attached hydrogen (secondary N) is 1. The molecule has 0 radical (unpaired) electrons. The Morgan fingerprint density at radius 2 is 1.92 bits per heavy atom. The molecule has 0 fully saturated rings. The predicted molar refractivity (Wildman–Crippen MR) is 102 cm³/mol. The molecule has 6 nitrogen and oxygen atoms in total. The van der Waals surface area contributed by atoms with Crippen molar-refractivity contribution < 1.29 is 9.53 Å². The second kappa shape index (κ2) is 8.65. The molecule has 0 aliphatic rings. The maximum absolute atomic E-state index is 12.5. The van der Waals surface area contributed by atoms with Crippen LogP contribution in [-0.4, -0.2) is 33.5 Å². The zero-order chi connectivity index (χ0) is 19.2. The highest BCUT2D eigenvalue weighted by Gasteiger charge is 2.20. The van der Waals surface area contributed by atoms with Crippen LogP contribution in [0, 0.1) is 0 Å². The normalized spacial score (nSPS) is 12.3. The van der Waals surface area contributed by atoms with Crippen molar-refractivity contribution in [3.63, 3.8) is 0 Å². The summed E-state index contributed by atoms with van der Waals surface area (Å²) < 4.78 is 5.70. The van der Waals surface area contributed by atoms with E-state index in [0.717, 1.165) is 17.5 Å². The van der Waals surface area contributed by atoms with Gasteiger partial charge in [0.05, 0.1) is 6.04 Å². The standard InChI is InChI=1S/C20H28N4O2/c1-6-17(16-9-11-21-12-10-16)24(5)19(25)23-14-15-7-8-18(22-13-15)26-20(2,3)4/h7-13,17H,6,14H2,1-5H3,(H,23,25). The molecule has 0 bridgehead atoms. The number of rotatable bonds is 6. The third-order valence-electron chi connectivity index (χ3n) is 3.92. The molecule has 140 valence electrons. The van der Waals surface area contributed by atoms with Crippen LogP contribution >= 0.6 is 0 Å². The quantitative estimate of drug-likeness (QED) is 0.851. The van der Waals surface area contributed by atoms with Gasteiger partial charge in [-0.1, -0.05) is 13.0 Å². The number of urea groups is 1. The summed E-state index contributed by atoms with van der Waals surface area (Å²) in [5.74, 6) is 0.577. The topological polar surface area (TPSA) is 67.4 Å². The highest BCUT2D eigenvalue weighted by molar-refractivity contribution is 5.74. The second-order valence-corrected chi connectivity index (χ2v) is 7.19. The zero-order valence-electron chi connectivity index (χ0n) is 16.2. The first kappa shape index (κ1) is 19.7. The first-order chi connectivity index (χ1) is 12.3. The number of ether oxygens (including phenoxy) is 1. The number of aromatic nitrogens is 2. The highest BCUT2D eigenvalue weighted by Crippen LogP contribution is 2.22. The third kappa shape index (κ3) is 5.72. The lowest BCUT2D eigenvalue weighted by molar-refractivity contribution is 0.124. The summed E-state index contributed by atoms with van der Waals surface area (Å²) in [6.45, 7) is 8.41. The first-order valence-corrected chi connectivity index (χ1v) is 8.84. The van der Waals surface area contributed by atoms with Crippen molar-refractivity contribution in [2.75, 3.05) is 7.05 Å². The Morgan fingerprint density at radius 3 is 2.46 bits per heavy atom. The third-order valence-corrected chi connectivity index (χ3v) is 3.92. The minimum absolute atomic E-state index is 0.0127. The van der Waals surface area contributed by atoms with E-state index in [1.807, 2.05) is 52.1 Å². The average Bonchev–Trinajstić information content (AvgIpc) is 2.61. The summed E-state index contributed by atoms with van der Waals surface area (Å²) in [7, 11) is 1.81. The number of nitrogens with zero attached hydrogens (tertiary/aromatic N) is 3. The molecule has 2 heterocycles. The lowest BCUT2D eigenvalue weighted by atomic mass is 10.1. The zero-order valence-corrected chi connectivity index (χ0v) is 16.2. The van der Waals surface area contributed by atoms with E-state index in [0.29, 0.717) is 12.4 Å². The SMILES string of the molecule is CCC(c1ccncc1)N(C)C(=O)NCc1ccc(OC(C)(C)C)nc1. The van der Waals surface area contributed by atoms with Crippen molar-refractivity contribution in [3.8, 4) is 5.88 Å². The van der Waals surface area contributed by atoms with Gasteiger partial charge in [-0.15, -0.1) is 0 Å². The van der Waals surface area contributed by atoms with Crippen LogP contribution in [0.4, 0.5) is 4.79 Å². The first-order valence-electron chi connectivity index (χ1n) is 8.84. The molecule has 0 saturated heterocycles. The monoisotopic (exact) mass is 356 g/mol. The number of hydrogen-bond donors (Lipinski definition) is 1. The van der Waals surface area contributed by atoms with Crippen LogP contribution < -0.4 is 10.1 Å². The maximum Gasteiger partial charge on any atom is 0.317 e. The number of hydrogen-bond acceptors (Lipinski definition) is 4. The predicted octanol–water partition coefficient (Wildman–Crippen LogP) is 3.95. The van der Waals surface area contributed by atoms with Crippen molar-refractivity contribution in [1.29, 1.82) is 0 Å². The van der Waals surface area contributed by atoms with Crippen molar-refractivity contribution in [2.24, 2.45) is 0 Å². The summed E-state index contributed by atoms with van der Waals surface area (Å²) >= 11 is 0. The van der Waals surface area contributed by atoms with E-state index in [2.05, 4.69) is 22.2 Å². The minimum Gasteiger partial charge on any atom is -0.472 e. The van der Waals surface area contributed by atoms with Crippen LogP contribution in [-0.2, 0) is 6.54 Å². The summed E-state index contributed by atoms with van der Waals surface area (Å²) in [4.78, 5) is 22.5. The summed E-state index contributed by atoms with van der Waals surface area (Å²) in [6.07, 6.45) is 6.04. The van der Waals surface area contributed by atoms with E-state index in [4.69, 9.17) is 4.74 Å². The van der Waals surface area contributed by atoms with Crippen LogP contribution in [0.25, 0.3) is 0 Å². The van der Waals surface area contributed by atoms with E-state index in [1.54, 1.807) is 23.5 Å². The van der Waals surface area contributed by atoms with Gasteiger partial charge in [0.25, 0.3) is 0 Å². The van der Waals surface area contributed by atoms with Gasteiger partial charge in [0.2, 0.25) is 5.88 Å². The lowest BCUT2D eigenvalue weighted by Gasteiger charge is -2.27. The molecular weight excluding hydrogens is 328 g/mol. The van der Waals surface area contributed by atoms with Gasteiger partial charge in [0.15, 0.2) is 0 Å². The van der Waals surface area contributed by atoms with Crippen molar-refractivity contribution in [1.82, 2.24) is 20.2 Å². The molecule has 26 heavy (non-hydrogen) atoms. The van der Waals surface area contributed by atoms with Crippen LogP contribution in [0.3, 0.4) is 0 Å². The van der Waals surface area contributed by atoms with Gasteiger partial charge in [-0.25, -0.2) is 9.78 Å². The van der Waals surface area contributed by atoms with Gasteiger partial charge >= 0.3 is 6.03 Å². The molecule has 0 aliphatic carbocycles. The molecule has 1 N–H and O–H groups in total. The fourth-order valence-electron chi connectivity index (χ4n) is 2.65. The Bertz CT molecular complexity index is 696. The van der Waals surface area contributed by atoms with Crippen LogP contribution in [0.1, 0.15) is 51.3 Å². The summed E-state index contributed by atoms with van der Waals surface area (Å²) in [5.41, 5.74) is 1.71. The van der Waals surface area contributed by atoms with Gasteiger partial charge in [-0.2, -0.15) is 0 Å². The largest absolute Gasteiger partial charge is 0.472 e. The minimum atomic E-state index is -0.284. The Kier molecular flexibility index (Phi) is 6.55. The van der Waals surface area contributed by atoms with Gasteiger partial charge in [0, 0.05) is 38.2 Å². The molecule has 0 aromatic carbocycles. The molecule has 2 aromatic heterocycles. The molecule has 1 unspecified atom stereocenters. The molecular formula is C20H28N4O2. The molecule has 6 heteroatoms. The molecule has 0 saturated carbocycles. The van der Waals surface area contributed by atoms with E-state index >= 15 is 0 Å². The molecule has 2 aromatic rings. The summed E-state index contributed by atoms with van der Waals surface area (Å²) in [6, 6.07) is 7.50. The van der Waals surface area contributed by atoms with Crippen LogP contribution in [0.2, 0.25) is 0 Å². The molecule has 1 atom stereocenters. The number of amides is 2. The fraction of sp³-hybridized carbons (Fsp3) is 0.450. The number of pyridine rings is 2. The molecule has 2 rings (SSSR count). The Morgan fingerprint density at radius 1 is 1.23 bits per heavy atom. The smallest absolute Gasteiger partial charge is 0.317 e. The molecule has 0 aliphatic heterocycles. The highest BCUT2D eigenvalue weighted by atomic mass is 16.5. The van der Waals surface area contributed by atoms with Crippen molar-refractivity contribution >= 4 is 6.03 Å². The van der Waals surface area contributed by atoms with E-state index in [-0.39, 0.29) is 17.7 Å². The van der Waals surface area contributed by atoms with Crippen molar-refractivity contribution in [2.45, 2.75) is 52.3 Å². The average molecular weight is 356 g/mol. The van der Waals surface area contributed by atoms with Crippen LogP contribution in [0.5, 0.6) is 5.88 Å². The number of carbonyl (C=O) groups excluding carboxylic acids is 1. The van der Waals surface area contributed by atoms with E-state index in [1.165, 1.54) is 0 Å². The number of carbonyl (C=O) groups is 1. The summed E-state index contributed by atoms with van der Waals surface area (Å²) in [5, 5.41) is 2.94. The van der Waals surface area contributed by atoms with Crippen LogP contribution in [0.15, 0.2) is 42.9 Å². The van der Waals surface area contributed by atoms with Crippen molar-refractivity contribution in [3.05, 3.63) is 54.0 Å². The maximum atomic E-state index is 12.5. The van der Waals surface area contributed by atoms with E-state index < -0.39 is 0 Å². The van der Waals surface area contributed by atoms with Gasteiger partial charge in [-0.3, -0.25) is 4.98 Å². The lowest BCUT2D eigenvalue weighted by Crippen LogP contribution is -2.39.